The molecule has 1 aromatic carbocycles. The Bertz CT molecular complexity index is 569. The average Bonchev–Trinajstić information content (AvgIpc) is 2.64. The fourth-order valence-corrected chi connectivity index (χ4v) is 2.92. The first-order valence-corrected chi connectivity index (χ1v) is 9.59. The molecule has 0 bridgehead atoms. The van der Waals surface area contributed by atoms with Gasteiger partial charge >= 0.3 is 0 Å². The van der Waals surface area contributed by atoms with E-state index in [4.69, 9.17) is 4.99 Å². The van der Waals surface area contributed by atoms with Crippen LogP contribution in [0.25, 0.3) is 0 Å². The Hall–Kier alpha value is -1.90. The van der Waals surface area contributed by atoms with E-state index in [9.17, 15) is 0 Å². The molecule has 0 fully saturated rings. The zero-order valence-electron chi connectivity index (χ0n) is 16.7. The number of nitrogens with one attached hydrogen (secondary N) is 1. The van der Waals surface area contributed by atoms with Crippen molar-refractivity contribution in [3.63, 3.8) is 0 Å². The summed E-state index contributed by atoms with van der Waals surface area (Å²) >= 11 is 0. The molecule has 138 valence electrons. The van der Waals surface area contributed by atoms with Crippen molar-refractivity contribution in [2.24, 2.45) is 15.9 Å². The molecule has 3 heteroatoms. The molecular formula is C22H35N3. The highest BCUT2D eigenvalue weighted by Crippen LogP contribution is 2.27. The van der Waals surface area contributed by atoms with Crippen molar-refractivity contribution < 1.29 is 0 Å². The molecule has 0 aliphatic heterocycles. The summed E-state index contributed by atoms with van der Waals surface area (Å²) in [7, 11) is 0. The molecule has 0 saturated carbocycles. The third-order valence-corrected chi connectivity index (χ3v) is 4.96. The van der Waals surface area contributed by atoms with Gasteiger partial charge < -0.3 is 5.32 Å². The summed E-state index contributed by atoms with van der Waals surface area (Å²) < 4.78 is 0. The van der Waals surface area contributed by atoms with Crippen molar-refractivity contribution in [1.82, 2.24) is 0 Å². The van der Waals surface area contributed by atoms with E-state index in [1.165, 1.54) is 17.6 Å². The van der Waals surface area contributed by atoms with E-state index in [0.717, 1.165) is 30.7 Å². The van der Waals surface area contributed by atoms with E-state index in [0.29, 0.717) is 18.5 Å². The fourth-order valence-electron chi connectivity index (χ4n) is 2.92. The van der Waals surface area contributed by atoms with Gasteiger partial charge in [0.1, 0.15) is 6.67 Å². The second kappa shape index (κ2) is 11.6. The molecule has 1 N–H and O–H groups in total. The third-order valence-electron chi connectivity index (χ3n) is 4.96. The SMILES string of the molecule is C=N/C=C(CCC)\C(CC)=N/CNc1ccc(C(C)C(C)CC)cc1. The highest BCUT2D eigenvalue weighted by Gasteiger charge is 2.12. The summed E-state index contributed by atoms with van der Waals surface area (Å²) in [4.78, 5) is 8.65. The number of rotatable bonds is 11. The molecule has 0 aromatic heterocycles. The Labute approximate surface area is 154 Å². The second-order valence-corrected chi connectivity index (χ2v) is 6.68. The standard InChI is InChI=1S/C22H35N3/c1-7-10-20(15-23-6)22(9-3)25-16-24-21-13-11-19(12-14-21)18(5)17(4)8-2/h11-15,17-18,24H,6-10,16H2,1-5H3/b20-15-,25-22-. The number of allylic oxidation sites excluding steroid dienone is 1. The van der Waals surface area contributed by atoms with Crippen LogP contribution in [0.3, 0.4) is 0 Å². The fraction of sp³-hybridized carbons (Fsp3) is 0.545. The van der Waals surface area contributed by atoms with Crippen LogP contribution in [0.2, 0.25) is 0 Å². The Morgan fingerprint density at radius 1 is 1.16 bits per heavy atom. The molecule has 0 aliphatic carbocycles. The van der Waals surface area contributed by atoms with Gasteiger partial charge in [-0.25, -0.2) is 0 Å². The number of hydrogen-bond acceptors (Lipinski definition) is 3. The molecule has 3 nitrogen and oxygen atoms in total. The number of anilines is 1. The first-order chi connectivity index (χ1) is 12.1. The van der Waals surface area contributed by atoms with Crippen LogP contribution < -0.4 is 5.32 Å². The molecule has 0 heterocycles. The summed E-state index contributed by atoms with van der Waals surface area (Å²) in [6, 6.07) is 8.77. The zero-order chi connectivity index (χ0) is 18.7. The van der Waals surface area contributed by atoms with E-state index >= 15 is 0 Å². The summed E-state index contributed by atoms with van der Waals surface area (Å²) in [5.41, 5.74) is 4.83. The lowest BCUT2D eigenvalue weighted by Gasteiger charge is -2.19. The van der Waals surface area contributed by atoms with Gasteiger partial charge in [-0.15, -0.1) is 0 Å². The normalized spacial score (nSPS) is 14.9. The molecule has 2 unspecified atom stereocenters. The first-order valence-electron chi connectivity index (χ1n) is 9.59. The number of benzene rings is 1. The zero-order valence-corrected chi connectivity index (χ0v) is 16.7. The molecule has 2 atom stereocenters. The van der Waals surface area contributed by atoms with E-state index in [-0.39, 0.29) is 0 Å². The van der Waals surface area contributed by atoms with E-state index in [2.05, 4.69) is 75.9 Å². The Kier molecular flexibility index (Phi) is 9.83. The lowest BCUT2D eigenvalue weighted by molar-refractivity contribution is 0.473. The largest absolute Gasteiger partial charge is 0.366 e. The van der Waals surface area contributed by atoms with Crippen LogP contribution in [0.15, 0.2) is 46.0 Å². The van der Waals surface area contributed by atoms with Crippen molar-refractivity contribution in [2.75, 3.05) is 12.0 Å². The molecule has 0 amide bonds. The number of hydrogen-bond donors (Lipinski definition) is 1. The topological polar surface area (TPSA) is 36.8 Å². The summed E-state index contributed by atoms with van der Waals surface area (Å²) in [5, 5.41) is 3.40. The lowest BCUT2D eigenvalue weighted by atomic mass is 9.87. The minimum atomic E-state index is 0.585. The first kappa shape index (κ1) is 21.1. The molecule has 25 heavy (non-hydrogen) atoms. The van der Waals surface area contributed by atoms with Gasteiger partial charge in [-0.3, -0.25) is 9.98 Å². The van der Waals surface area contributed by atoms with Crippen LogP contribution in [-0.2, 0) is 0 Å². The Balaban J connectivity index is 2.70. The van der Waals surface area contributed by atoms with Gasteiger partial charge in [0.15, 0.2) is 0 Å². The van der Waals surface area contributed by atoms with Gasteiger partial charge in [0.05, 0.1) is 0 Å². The summed E-state index contributed by atoms with van der Waals surface area (Å²) in [5.74, 6) is 1.30. The molecule has 1 aromatic rings. The van der Waals surface area contributed by atoms with Gasteiger partial charge in [0, 0.05) is 17.6 Å². The highest BCUT2D eigenvalue weighted by atomic mass is 15.0. The summed E-state index contributed by atoms with van der Waals surface area (Å²) in [6.45, 7) is 15.3. The number of nitrogens with zero attached hydrogens (tertiary/aromatic N) is 2. The maximum absolute atomic E-state index is 4.72. The van der Waals surface area contributed by atoms with E-state index in [1.807, 2.05) is 6.20 Å². The van der Waals surface area contributed by atoms with Crippen LogP contribution >= 0.6 is 0 Å². The van der Waals surface area contributed by atoms with Crippen LogP contribution in [0.4, 0.5) is 5.69 Å². The van der Waals surface area contributed by atoms with Crippen molar-refractivity contribution in [3.8, 4) is 0 Å². The maximum Gasteiger partial charge on any atom is 0.108 e. The van der Waals surface area contributed by atoms with Gasteiger partial charge in [-0.2, -0.15) is 0 Å². The third kappa shape index (κ3) is 6.85. The molecule has 0 spiro atoms. The van der Waals surface area contributed by atoms with Crippen LogP contribution in [0.1, 0.15) is 71.8 Å². The Morgan fingerprint density at radius 3 is 2.36 bits per heavy atom. The number of aliphatic imine (C=N–C) groups is 2. The second-order valence-electron chi connectivity index (χ2n) is 6.68. The van der Waals surface area contributed by atoms with Gasteiger partial charge in [-0.05, 0) is 54.7 Å². The van der Waals surface area contributed by atoms with Gasteiger partial charge in [0.2, 0.25) is 0 Å². The molecule has 0 radical (unpaired) electrons. The van der Waals surface area contributed by atoms with Crippen molar-refractivity contribution >= 4 is 18.1 Å². The van der Waals surface area contributed by atoms with Crippen LogP contribution in [0.5, 0.6) is 0 Å². The molecule has 1 rings (SSSR count). The minimum Gasteiger partial charge on any atom is -0.366 e. The smallest absolute Gasteiger partial charge is 0.108 e. The maximum atomic E-state index is 4.72. The van der Waals surface area contributed by atoms with Crippen molar-refractivity contribution in [1.29, 1.82) is 0 Å². The molecule has 0 aliphatic rings. The van der Waals surface area contributed by atoms with Crippen LogP contribution in [0, 0.1) is 5.92 Å². The summed E-state index contributed by atoms with van der Waals surface area (Å²) in [6.07, 6.45) is 6.05. The van der Waals surface area contributed by atoms with Crippen LogP contribution in [-0.4, -0.2) is 19.1 Å². The lowest BCUT2D eigenvalue weighted by Crippen LogP contribution is -2.08. The predicted octanol–water partition coefficient (Wildman–Crippen LogP) is 6.44. The van der Waals surface area contributed by atoms with Gasteiger partial charge in [-0.1, -0.05) is 59.6 Å². The van der Waals surface area contributed by atoms with Crippen molar-refractivity contribution in [2.45, 2.75) is 66.2 Å². The predicted molar refractivity (Wildman–Crippen MR) is 113 cm³/mol. The quantitative estimate of drug-likeness (QED) is 0.462. The monoisotopic (exact) mass is 341 g/mol. The highest BCUT2D eigenvalue weighted by molar-refractivity contribution is 6.00. The van der Waals surface area contributed by atoms with E-state index < -0.39 is 0 Å². The molecule has 0 saturated heterocycles. The van der Waals surface area contributed by atoms with Gasteiger partial charge in [0.25, 0.3) is 0 Å². The Morgan fingerprint density at radius 2 is 1.84 bits per heavy atom. The van der Waals surface area contributed by atoms with Crippen molar-refractivity contribution in [3.05, 3.63) is 41.6 Å². The average molecular weight is 342 g/mol. The minimum absolute atomic E-state index is 0.585. The van der Waals surface area contributed by atoms with E-state index in [1.54, 1.807) is 0 Å². The molecular weight excluding hydrogens is 306 g/mol.